The van der Waals surface area contributed by atoms with Crippen LogP contribution in [0, 0.1) is 0 Å². The Morgan fingerprint density at radius 3 is 1.46 bits per heavy atom. The van der Waals surface area contributed by atoms with Gasteiger partial charge in [-0.3, -0.25) is 9.98 Å². The van der Waals surface area contributed by atoms with Crippen molar-refractivity contribution in [3.63, 3.8) is 0 Å². The Bertz CT molecular complexity index is 1030. The van der Waals surface area contributed by atoms with Gasteiger partial charge in [-0.05, 0) is 74.2 Å². The minimum Gasteiger partial charge on any atom is -0.365 e. The van der Waals surface area contributed by atoms with E-state index in [1.165, 1.54) is 51.4 Å². The maximum atomic E-state index is 12.5. The van der Waals surface area contributed by atoms with Crippen LogP contribution in [0.3, 0.4) is 0 Å². The van der Waals surface area contributed by atoms with E-state index >= 15 is 0 Å². The Morgan fingerprint density at radius 1 is 0.657 bits per heavy atom. The highest BCUT2D eigenvalue weighted by Gasteiger charge is 2.32. The fourth-order valence-electron chi connectivity index (χ4n) is 5.66. The Labute approximate surface area is 212 Å². The topological polar surface area (TPSA) is 89.9 Å². The predicted molar refractivity (Wildman–Crippen MR) is 144 cm³/mol. The normalized spacial score (nSPS) is 26.6. The van der Waals surface area contributed by atoms with Crippen molar-refractivity contribution in [1.82, 2.24) is 10.6 Å². The van der Waals surface area contributed by atoms with E-state index < -0.39 is 0 Å². The van der Waals surface area contributed by atoms with Gasteiger partial charge in [-0.1, -0.05) is 25.7 Å². The number of amides is 2. The highest BCUT2D eigenvalue weighted by Crippen LogP contribution is 2.27. The summed E-state index contributed by atoms with van der Waals surface area (Å²) in [7, 11) is 0. The number of urea groups is 1. The van der Waals surface area contributed by atoms with Crippen LogP contribution >= 0.6 is 12.4 Å². The molecule has 4 aliphatic rings. The van der Waals surface area contributed by atoms with Gasteiger partial charge >= 0.3 is 6.03 Å². The molecule has 0 saturated heterocycles. The second-order valence-electron chi connectivity index (χ2n) is 9.89. The van der Waals surface area contributed by atoms with Gasteiger partial charge in [0.2, 0.25) is 0 Å². The summed E-state index contributed by atoms with van der Waals surface area (Å²) in [4.78, 5) is 22.3. The van der Waals surface area contributed by atoms with E-state index in [0.717, 1.165) is 34.2 Å². The molecule has 2 heterocycles. The van der Waals surface area contributed by atoms with Crippen LogP contribution in [0.15, 0.2) is 58.5 Å². The van der Waals surface area contributed by atoms with E-state index in [9.17, 15) is 4.79 Å². The molecule has 2 aromatic carbocycles. The monoisotopic (exact) mass is 492 g/mol. The number of carbonyl (C=O) groups is 1. The molecule has 2 saturated carbocycles. The number of aliphatic imine (C=N–C) groups is 2. The van der Waals surface area contributed by atoms with Crippen LogP contribution < -0.4 is 21.3 Å². The van der Waals surface area contributed by atoms with Gasteiger partial charge in [0, 0.05) is 34.6 Å². The number of hydrogen-bond donors (Lipinski definition) is 4. The predicted octanol–water partition coefficient (Wildman–Crippen LogP) is 5.07. The molecule has 184 valence electrons. The summed E-state index contributed by atoms with van der Waals surface area (Å²) in [5.41, 5.74) is 3.64. The molecule has 35 heavy (non-hydrogen) atoms. The number of anilines is 2. The third kappa shape index (κ3) is 5.15. The maximum Gasteiger partial charge on any atom is 0.323 e. The summed E-state index contributed by atoms with van der Waals surface area (Å²) in [5, 5.41) is 13.0. The van der Waals surface area contributed by atoms with Gasteiger partial charge in [0.1, 0.15) is 11.7 Å². The summed E-state index contributed by atoms with van der Waals surface area (Å²) in [6, 6.07) is 17.3. The van der Waals surface area contributed by atoms with Crippen LogP contribution in [0.4, 0.5) is 16.2 Å². The molecular formula is C27H33ClN6O. The zero-order valence-corrected chi connectivity index (χ0v) is 20.6. The first-order valence-electron chi connectivity index (χ1n) is 12.7. The van der Waals surface area contributed by atoms with Crippen molar-refractivity contribution in [2.75, 3.05) is 10.6 Å². The van der Waals surface area contributed by atoms with Crippen LogP contribution in [0.1, 0.15) is 62.5 Å². The number of nitrogens with zero attached hydrogens (tertiary/aromatic N) is 2. The summed E-state index contributed by atoms with van der Waals surface area (Å²) >= 11 is 0. The van der Waals surface area contributed by atoms with Gasteiger partial charge < -0.3 is 21.3 Å². The highest BCUT2D eigenvalue weighted by molar-refractivity contribution is 6.03. The van der Waals surface area contributed by atoms with Crippen LogP contribution in [0.5, 0.6) is 0 Å². The zero-order chi connectivity index (χ0) is 22.9. The molecule has 6 rings (SSSR count). The molecule has 4 N–H and O–H groups in total. The largest absolute Gasteiger partial charge is 0.365 e. The molecule has 2 fully saturated rings. The Kier molecular flexibility index (Phi) is 6.95. The first kappa shape index (κ1) is 23.7. The molecule has 2 aliphatic carbocycles. The van der Waals surface area contributed by atoms with Crippen molar-refractivity contribution in [3.05, 3.63) is 59.7 Å². The lowest BCUT2D eigenvalue weighted by molar-refractivity contribution is 0.262. The van der Waals surface area contributed by atoms with E-state index in [-0.39, 0.29) is 18.4 Å². The van der Waals surface area contributed by atoms with E-state index in [0.29, 0.717) is 24.2 Å². The van der Waals surface area contributed by atoms with Crippen molar-refractivity contribution in [2.24, 2.45) is 9.98 Å². The van der Waals surface area contributed by atoms with Crippen molar-refractivity contribution < 1.29 is 4.79 Å². The van der Waals surface area contributed by atoms with Gasteiger partial charge in [-0.2, -0.15) is 0 Å². The third-order valence-electron chi connectivity index (χ3n) is 7.53. The number of benzene rings is 2. The Hall–Kier alpha value is -3.06. The van der Waals surface area contributed by atoms with Crippen molar-refractivity contribution in [3.8, 4) is 0 Å². The summed E-state index contributed by atoms with van der Waals surface area (Å²) in [6.45, 7) is 0. The van der Waals surface area contributed by atoms with Crippen LogP contribution in [0.2, 0.25) is 0 Å². The number of carbonyl (C=O) groups excluding carboxylic acids is 1. The SMILES string of the molecule is Cl.O=C(Nc1ccc(C2=NC3CCCCC3N2)cc1)Nc1ccc(C2=NC3CCCCC3N2)cc1. The minimum atomic E-state index is -0.259. The number of rotatable bonds is 4. The quantitative estimate of drug-likeness (QED) is 0.480. The number of fused-ring (bicyclic) bond motifs is 2. The van der Waals surface area contributed by atoms with Gasteiger partial charge in [-0.25, -0.2) is 4.79 Å². The standard InChI is InChI=1S/C27H32N6O.ClH/c34-27(28-19-13-9-17(10-14-19)25-30-21-5-1-2-6-22(21)31-25)29-20-15-11-18(12-16-20)26-32-23-7-3-4-8-24(23)33-26;/h9-16,21-24H,1-8H2,(H,30,31)(H,32,33)(H2,28,29,34);1H. The van der Waals surface area contributed by atoms with Crippen LogP contribution in [-0.4, -0.2) is 41.9 Å². The second kappa shape index (κ2) is 10.3. The molecule has 0 bridgehead atoms. The summed E-state index contributed by atoms with van der Waals surface area (Å²) in [6.07, 6.45) is 9.85. The molecule has 7 nitrogen and oxygen atoms in total. The van der Waals surface area contributed by atoms with Crippen molar-refractivity contribution in [2.45, 2.75) is 75.5 Å². The van der Waals surface area contributed by atoms with Gasteiger partial charge in [-0.15, -0.1) is 12.4 Å². The molecular weight excluding hydrogens is 460 g/mol. The molecule has 4 unspecified atom stereocenters. The second-order valence-corrected chi connectivity index (χ2v) is 9.89. The summed E-state index contributed by atoms with van der Waals surface area (Å²) < 4.78 is 0. The molecule has 2 aliphatic heterocycles. The zero-order valence-electron chi connectivity index (χ0n) is 19.8. The number of hydrogen-bond acceptors (Lipinski definition) is 5. The lowest BCUT2D eigenvalue weighted by Crippen LogP contribution is -2.37. The van der Waals surface area contributed by atoms with E-state index in [4.69, 9.17) is 9.98 Å². The average Bonchev–Trinajstić information content (AvgIpc) is 3.49. The minimum absolute atomic E-state index is 0. The fraction of sp³-hybridized carbons (Fsp3) is 0.444. The summed E-state index contributed by atoms with van der Waals surface area (Å²) in [5.74, 6) is 1.96. The van der Waals surface area contributed by atoms with E-state index in [2.05, 4.69) is 21.3 Å². The lowest BCUT2D eigenvalue weighted by atomic mass is 9.92. The van der Waals surface area contributed by atoms with E-state index in [1.807, 2.05) is 48.5 Å². The molecule has 2 aromatic rings. The lowest BCUT2D eigenvalue weighted by Gasteiger charge is -2.23. The number of halogens is 1. The average molecular weight is 493 g/mol. The van der Waals surface area contributed by atoms with Gasteiger partial charge in [0.05, 0.1) is 12.1 Å². The molecule has 0 radical (unpaired) electrons. The van der Waals surface area contributed by atoms with E-state index in [1.54, 1.807) is 0 Å². The Morgan fingerprint density at radius 2 is 1.06 bits per heavy atom. The fourth-order valence-corrected chi connectivity index (χ4v) is 5.66. The Balaban J connectivity index is 0.00000253. The van der Waals surface area contributed by atoms with Crippen LogP contribution in [-0.2, 0) is 0 Å². The third-order valence-corrected chi connectivity index (χ3v) is 7.53. The molecule has 4 atom stereocenters. The molecule has 0 spiro atoms. The smallest absolute Gasteiger partial charge is 0.323 e. The molecule has 2 amide bonds. The first-order chi connectivity index (χ1) is 16.7. The van der Waals surface area contributed by atoms with Crippen LogP contribution in [0.25, 0.3) is 0 Å². The first-order valence-corrected chi connectivity index (χ1v) is 12.7. The highest BCUT2D eigenvalue weighted by atomic mass is 35.5. The molecule has 8 heteroatoms. The van der Waals surface area contributed by atoms with Gasteiger partial charge in [0.15, 0.2) is 0 Å². The van der Waals surface area contributed by atoms with Crippen molar-refractivity contribution in [1.29, 1.82) is 0 Å². The number of nitrogens with one attached hydrogen (secondary N) is 4. The van der Waals surface area contributed by atoms with Gasteiger partial charge in [0.25, 0.3) is 0 Å². The van der Waals surface area contributed by atoms with Crippen molar-refractivity contribution >= 4 is 41.5 Å². The number of amidine groups is 2. The maximum absolute atomic E-state index is 12.5. The molecule has 0 aromatic heterocycles.